The second kappa shape index (κ2) is 4.06. The topological polar surface area (TPSA) is 69.6 Å². The summed E-state index contributed by atoms with van der Waals surface area (Å²) < 4.78 is 0. The molecule has 1 saturated heterocycles. The van der Waals surface area contributed by atoms with E-state index >= 15 is 0 Å². The molecule has 5 nitrogen and oxygen atoms in total. The first-order chi connectivity index (χ1) is 5.70. The monoisotopic (exact) mass is 172 g/mol. The van der Waals surface area contributed by atoms with Crippen LogP contribution in [0.4, 0.5) is 0 Å². The lowest BCUT2D eigenvalue weighted by atomic mass is 10.3. The lowest BCUT2D eigenvalue weighted by molar-refractivity contribution is -0.144. The highest BCUT2D eigenvalue weighted by molar-refractivity contribution is 5.81. The van der Waals surface area contributed by atoms with Gasteiger partial charge in [0, 0.05) is 26.1 Å². The van der Waals surface area contributed by atoms with Crippen molar-refractivity contribution in [3.8, 4) is 0 Å². The van der Waals surface area contributed by atoms with Crippen LogP contribution in [0.25, 0.3) is 0 Å². The first kappa shape index (κ1) is 8.99. The predicted molar refractivity (Wildman–Crippen MR) is 41.7 cm³/mol. The van der Waals surface area contributed by atoms with Crippen LogP contribution in [0.15, 0.2) is 0 Å². The van der Waals surface area contributed by atoms with Gasteiger partial charge in [-0.3, -0.25) is 9.59 Å². The van der Waals surface area contributed by atoms with E-state index in [0.29, 0.717) is 26.1 Å². The van der Waals surface area contributed by atoms with Crippen LogP contribution in [0.1, 0.15) is 6.42 Å². The van der Waals surface area contributed by atoms with Gasteiger partial charge in [-0.2, -0.15) is 0 Å². The van der Waals surface area contributed by atoms with Crippen molar-refractivity contribution in [2.24, 2.45) is 0 Å². The molecule has 0 saturated carbocycles. The molecule has 0 spiro atoms. The molecule has 1 fully saturated rings. The minimum absolute atomic E-state index is 0.0811. The molecule has 0 aliphatic carbocycles. The molecule has 1 aliphatic heterocycles. The molecular weight excluding hydrogens is 160 g/mol. The van der Waals surface area contributed by atoms with Crippen LogP contribution < -0.4 is 5.32 Å². The Labute approximate surface area is 70.4 Å². The first-order valence-corrected chi connectivity index (χ1v) is 3.90. The van der Waals surface area contributed by atoms with E-state index in [0.717, 1.165) is 0 Å². The molecule has 0 radical (unpaired) electrons. The lowest BCUT2D eigenvalue weighted by Gasteiger charge is -2.16. The molecule has 0 aromatic rings. The van der Waals surface area contributed by atoms with Crippen LogP contribution in [0.2, 0.25) is 0 Å². The van der Waals surface area contributed by atoms with Gasteiger partial charge in [-0.05, 0) is 0 Å². The molecule has 5 heteroatoms. The summed E-state index contributed by atoms with van der Waals surface area (Å²) >= 11 is 0. The van der Waals surface area contributed by atoms with Crippen molar-refractivity contribution in [2.45, 2.75) is 6.42 Å². The maximum atomic E-state index is 11.2. The van der Waals surface area contributed by atoms with Gasteiger partial charge in [0.25, 0.3) is 0 Å². The van der Waals surface area contributed by atoms with E-state index in [1.54, 1.807) is 0 Å². The summed E-state index contributed by atoms with van der Waals surface area (Å²) in [5.74, 6) is -1.03. The number of rotatable bonds is 2. The molecule has 1 rings (SSSR count). The Morgan fingerprint density at radius 1 is 1.58 bits per heavy atom. The first-order valence-electron chi connectivity index (χ1n) is 3.90. The number of hydrogen-bond acceptors (Lipinski definition) is 3. The Morgan fingerprint density at radius 3 is 3.00 bits per heavy atom. The zero-order valence-electron chi connectivity index (χ0n) is 6.75. The summed E-state index contributed by atoms with van der Waals surface area (Å²) in [7, 11) is 0. The fourth-order valence-corrected chi connectivity index (χ4v) is 1.15. The molecule has 12 heavy (non-hydrogen) atoms. The SMILES string of the molecule is O=C(O)CN1CCNCCC1=O. The smallest absolute Gasteiger partial charge is 0.323 e. The third-order valence-electron chi connectivity index (χ3n) is 1.75. The Bertz CT molecular complexity index is 193. The number of carboxylic acids is 1. The van der Waals surface area contributed by atoms with E-state index in [2.05, 4.69) is 5.32 Å². The Hall–Kier alpha value is -1.10. The van der Waals surface area contributed by atoms with Crippen molar-refractivity contribution in [2.75, 3.05) is 26.2 Å². The number of carbonyl (C=O) groups is 2. The molecular formula is C7H12N2O3. The summed E-state index contributed by atoms with van der Waals surface area (Å²) in [4.78, 5) is 22.8. The van der Waals surface area contributed by atoms with Crippen LogP contribution in [0, 0.1) is 0 Å². The van der Waals surface area contributed by atoms with Crippen molar-refractivity contribution >= 4 is 11.9 Å². The molecule has 0 unspecified atom stereocenters. The average molecular weight is 172 g/mol. The van der Waals surface area contributed by atoms with Gasteiger partial charge >= 0.3 is 5.97 Å². The van der Waals surface area contributed by atoms with Crippen LogP contribution in [-0.4, -0.2) is 48.1 Å². The predicted octanol–water partition coefficient (Wildman–Crippen LogP) is -1.11. The van der Waals surface area contributed by atoms with Crippen LogP contribution in [0.3, 0.4) is 0 Å². The quantitative estimate of drug-likeness (QED) is 0.554. The van der Waals surface area contributed by atoms with Gasteiger partial charge in [-0.1, -0.05) is 0 Å². The third-order valence-corrected chi connectivity index (χ3v) is 1.75. The number of carboxylic acid groups (broad SMARTS) is 1. The number of nitrogens with zero attached hydrogens (tertiary/aromatic N) is 1. The van der Waals surface area contributed by atoms with Crippen molar-refractivity contribution in [1.29, 1.82) is 0 Å². The van der Waals surface area contributed by atoms with Gasteiger partial charge in [0.2, 0.25) is 5.91 Å². The van der Waals surface area contributed by atoms with Crippen LogP contribution in [-0.2, 0) is 9.59 Å². The van der Waals surface area contributed by atoms with E-state index < -0.39 is 5.97 Å². The Kier molecular flexibility index (Phi) is 3.04. The van der Waals surface area contributed by atoms with Crippen molar-refractivity contribution in [3.63, 3.8) is 0 Å². The third kappa shape index (κ3) is 2.50. The summed E-state index contributed by atoms with van der Waals surface area (Å²) in [6.45, 7) is 1.64. The number of amides is 1. The van der Waals surface area contributed by atoms with Gasteiger partial charge < -0.3 is 15.3 Å². The maximum Gasteiger partial charge on any atom is 0.323 e. The molecule has 0 aromatic heterocycles. The summed E-state index contributed by atoms with van der Waals surface area (Å²) in [5.41, 5.74) is 0. The largest absolute Gasteiger partial charge is 0.480 e. The summed E-state index contributed by atoms with van der Waals surface area (Å²) in [6, 6.07) is 0. The molecule has 1 heterocycles. The van der Waals surface area contributed by atoms with Crippen molar-refractivity contribution in [3.05, 3.63) is 0 Å². The molecule has 0 bridgehead atoms. The molecule has 2 N–H and O–H groups in total. The highest BCUT2D eigenvalue weighted by atomic mass is 16.4. The number of carbonyl (C=O) groups excluding carboxylic acids is 1. The summed E-state index contributed by atoms with van der Waals surface area (Å²) in [6.07, 6.45) is 0.396. The van der Waals surface area contributed by atoms with Gasteiger partial charge in [-0.25, -0.2) is 0 Å². The highest BCUT2D eigenvalue weighted by Gasteiger charge is 2.17. The fourth-order valence-electron chi connectivity index (χ4n) is 1.15. The molecule has 68 valence electrons. The molecule has 0 atom stereocenters. The van der Waals surface area contributed by atoms with Crippen molar-refractivity contribution in [1.82, 2.24) is 10.2 Å². The molecule has 1 aliphatic rings. The van der Waals surface area contributed by atoms with Gasteiger partial charge in [0.15, 0.2) is 0 Å². The number of nitrogens with one attached hydrogen (secondary N) is 1. The average Bonchev–Trinajstić information content (AvgIpc) is 2.16. The minimum atomic E-state index is -0.953. The zero-order valence-corrected chi connectivity index (χ0v) is 6.75. The van der Waals surface area contributed by atoms with E-state index in [1.165, 1.54) is 4.90 Å². The van der Waals surface area contributed by atoms with Gasteiger partial charge in [0.05, 0.1) is 0 Å². The maximum absolute atomic E-state index is 11.2. The van der Waals surface area contributed by atoms with E-state index in [9.17, 15) is 9.59 Å². The molecule has 1 amide bonds. The normalized spacial score (nSPS) is 19.0. The Morgan fingerprint density at radius 2 is 2.33 bits per heavy atom. The van der Waals surface area contributed by atoms with E-state index in [1.807, 2.05) is 0 Å². The second-order valence-electron chi connectivity index (χ2n) is 2.71. The van der Waals surface area contributed by atoms with E-state index in [4.69, 9.17) is 5.11 Å². The fraction of sp³-hybridized carbons (Fsp3) is 0.714. The van der Waals surface area contributed by atoms with Crippen molar-refractivity contribution < 1.29 is 14.7 Å². The Balaban J connectivity index is 2.47. The second-order valence-corrected chi connectivity index (χ2v) is 2.71. The zero-order chi connectivity index (χ0) is 8.97. The van der Waals surface area contributed by atoms with Crippen LogP contribution in [0.5, 0.6) is 0 Å². The highest BCUT2D eigenvalue weighted by Crippen LogP contribution is 1.96. The van der Waals surface area contributed by atoms with Gasteiger partial charge in [-0.15, -0.1) is 0 Å². The minimum Gasteiger partial charge on any atom is -0.480 e. The van der Waals surface area contributed by atoms with Gasteiger partial charge in [0.1, 0.15) is 6.54 Å². The number of hydrogen-bond donors (Lipinski definition) is 2. The van der Waals surface area contributed by atoms with E-state index in [-0.39, 0.29) is 12.5 Å². The summed E-state index contributed by atoms with van der Waals surface area (Å²) in [5, 5.41) is 11.5. The van der Waals surface area contributed by atoms with Crippen LogP contribution >= 0.6 is 0 Å². The number of aliphatic carboxylic acids is 1. The standard InChI is InChI=1S/C7H12N2O3/c10-6-1-2-8-3-4-9(6)5-7(11)12/h8H,1-5H2,(H,11,12). The lowest BCUT2D eigenvalue weighted by Crippen LogP contribution is -2.36. The molecule has 0 aromatic carbocycles.